The summed E-state index contributed by atoms with van der Waals surface area (Å²) >= 11 is 23.6. The van der Waals surface area contributed by atoms with Crippen molar-refractivity contribution in [1.29, 1.82) is 0 Å². The van der Waals surface area contributed by atoms with E-state index in [2.05, 4.69) is 22.0 Å². The van der Waals surface area contributed by atoms with Gasteiger partial charge >= 0.3 is 0 Å². The first-order chi connectivity index (χ1) is 9.06. The van der Waals surface area contributed by atoms with Gasteiger partial charge in [-0.05, 0) is 23.8 Å². The van der Waals surface area contributed by atoms with E-state index in [1.165, 1.54) is 16.9 Å². The van der Waals surface area contributed by atoms with Crippen LogP contribution in [0.2, 0.25) is 8.67 Å². The van der Waals surface area contributed by atoms with E-state index in [0.29, 0.717) is 15.3 Å². The molecule has 0 amide bonds. The van der Waals surface area contributed by atoms with Crippen molar-refractivity contribution in [2.24, 2.45) is 0 Å². The van der Waals surface area contributed by atoms with Gasteiger partial charge in [-0.3, -0.25) is 0 Å². The summed E-state index contributed by atoms with van der Waals surface area (Å²) < 4.78 is 7.95. The predicted molar refractivity (Wildman–Crippen MR) is 85.4 cm³/mol. The number of benzene rings is 1. The molecule has 1 nitrogen and oxygen atoms in total. The summed E-state index contributed by atoms with van der Waals surface area (Å²) in [6.45, 7) is 0.695. The number of alkyl halides is 1. The zero-order valence-corrected chi connectivity index (χ0v) is 14.2. The van der Waals surface area contributed by atoms with Gasteiger partial charge in [-0.1, -0.05) is 39.1 Å². The Morgan fingerprint density at radius 1 is 1.21 bits per heavy atom. The van der Waals surface area contributed by atoms with Crippen LogP contribution in [0.3, 0.4) is 0 Å². The number of fused-ring (bicyclic) bond motifs is 1. The van der Waals surface area contributed by atoms with Crippen molar-refractivity contribution in [2.45, 2.75) is 11.8 Å². The summed E-state index contributed by atoms with van der Waals surface area (Å²) in [5.41, 5.74) is 2.93. The highest BCUT2D eigenvalue weighted by atomic mass is 79.9. The molecule has 1 atom stereocenters. The second-order valence-electron chi connectivity index (χ2n) is 4.22. The van der Waals surface area contributed by atoms with Gasteiger partial charge in [0.25, 0.3) is 0 Å². The molecule has 19 heavy (non-hydrogen) atoms. The van der Waals surface area contributed by atoms with Crippen LogP contribution in [0.25, 0.3) is 0 Å². The maximum Gasteiger partial charge on any atom is 0.127 e. The Morgan fingerprint density at radius 2 is 2.00 bits per heavy atom. The Morgan fingerprint density at radius 3 is 2.68 bits per heavy atom. The highest BCUT2D eigenvalue weighted by Gasteiger charge is 2.25. The molecule has 1 aromatic carbocycles. The lowest BCUT2D eigenvalue weighted by molar-refractivity contribution is 0.353. The summed E-state index contributed by atoms with van der Waals surface area (Å²) in [6.07, 6.45) is 0.906. The highest BCUT2D eigenvalue weighted by molar-refractivity contribution is 9.10. The van der Waals surface area contributed by atoms with Crippen LogP contribution in [-0.2, 0) is 6.42 Å². The molecular weight excluding hydrogens is 390 g/mol. The summed E-state index contributed by atoms with van der Waals surface area (Å²) in [5, 5.41) is -0.361. The second-order valence-corrected chi connectivity index (χ2v) is 7.86. The molecule has 2 aromatic rings. The topological polar surface area (TPSA) is 9.23 Å². The normalized spacial score (nSPS) is 15.2. The van der Waals surface area contributed by atoms with Crippen LogP contribution in [0.5, 0.6) is 5.75 Å². The third kappa shape index (κ3) is 2.64. The Kier molecular flexibility index (Phi) is 4.03. The first-order valence-corrected chi connectivity index (χ1v) is 8.40. The number of hydrogen-bond acceptors (Lipinski definition) is 2. The van der Waals surface area contributed by atoms with Crippen molar-refractivity contribution >= 4 is 62.1 Å². The van der Waals surface area contributed by atoms with Gasteiger partial charge in [-0.2, -0.15) is 0 Å². The van der Waals surface area contributed by atoms with Crippen LogP contribution in [0, 0.1) is 0 Å². The van der Waals surface area contributed by atoms with Crippen LogP contribution in [-0.4, -0.2) is 6.61 Å². The Bertz CT molecular complexity index is 641. The molecule has 0 aliphatic carbocycles. The lowest BCUT2D eigenvalue weighted by Crippen LogP contribution is -1.97. The van der Waals surface area contributed by atoms with E-state index in [0.717, 1.165) is 27.8 Å². The van der Waals surface area contributed by atoms with Crippen LogP contribution in [0.15, 0.2) is 22.7 Å². The molecule has 6 heteroatoms. The number of hydrogen-bond donors (Lipinski definition) is 0. The van der Waals surface area contributed by atoms with E-state index in [-0.39, 0.29) is 5.38 Å². The third-order valence-corrected chi connectivity index (χ3v) is 5.45. The third-order valence-electron chi connectivity index (χ3n) is 3.01. The van der Waals surface area contributed by atoms with Crippen molar-refractivity contribution in [2.75, 3.05) is 6.61 Å². The fraction of sp³-hybridized carbons (Fsp3) is 0.231. The molecule has 0 saturated carbocycles. The first-order valence-electron chi connectivity index (χ1n) is 5.60. The molecule has 0 spiro atoms. The lowest BCUT2D eigenvalue weighted by Gasteiger charge is -2.14. The number of thiophene rings is 1. The zero-order valence-electron chi connectivity index (χ0n) is 9.55. The molecule has 2 heterocycles. The smallest absolute Gasteiger partial charge is 0.127 e. The zero-order chi connectivity index (χ0) is 13.6. The molecular formula is C13H8BrCl3OS. The van der Waals surface area contributed by atoms with Crippen molar-refractivity contribution in [3.8, 4) is 5.75 Å². The maximum atomic E-state index is 6.57. The molecule has 0 saturated heterocycles. The average molecular weight is 399 g/mol. The van der Waals surface area contributed by atoms with E-state index >= 15 is 0 Å². The molecule has 0 bridgehead atoms. The highest BCUT2D eigenvalue weighted by Crippen LogP contribution is 2.46. The van der Waals surface area contributed by atoms with Crippen molar-refractivity contribution in [1.82, 2.24) is 0 Å². The molecule has 0 N–H and O–H groups in total. The summed E-state index contributed by atoms with van der Waals surface area (Å²) in [4.78, 5) is 0. The van der Waals surface area contributed by atoms with Crippen molar-refractivity contribution in [3.63, 3.8) is 0 Å². The minimum atomic E-state index is -0.361. The predicted octanol–water partition coefficient (Wildman–Crippen LogP) is 6.08. The largest absolute Gasteiger partial charge is 0.493 e. The second kappa shape index (κ2) is 5.45. The van der Waals surface area contributed by atoms with E-state index in [1.807, 2.05) is 12.1 Å². The molecule has 1 aromatic heterocycles. The number of rotatable bonds is 2. The number of ether oxygens (including phenoxy) is 1. The van der Waals surface area contributed by atoms with Crippen LogP contribution in [0.4, 0.5) is 0 Å². The molecule has 3 rings (SSSR count). The minimum Gasteiger partial charge on any atom is -0.493 e. The Hall–Kier alpha value is 0.0700. The van der Waals surface area contributed by atoms with Crippen LogP contribution >= 0.6 is 62.1 Å². The fourth-order valence-corrected chi connectivity index (χ4v) is 4.69. The summed E-state index contributed by atoms with van der Waals surface area (Å²) in [5.74, 6) is 0.876. The fourth-order valence-electron chi connectivity index (χ4n) is 2.18. The minimum absolute atomic E-state index is 0.361. The van der Waals surface area contributed by atoms with Gasteiger partial charge in [-0.15, -0.1) is 22.9 Å². The van der Waals surface area contributed by atoms with Gasteiger partial charge in [0.15, 0.2) is 0 Å². The molecule has 1 aliphatic heterocycles. The molecule has 0 radical (unpaired) electrons. The van der Waals surface area contributed by atoms with E-state index in [1.54, 1.807) is 0 Å². The first kappa shape index (κ1) is 14.0. The maximum absolute atomic E-state index is 6.57. The Labute approximate surface area is 138 Å². The van der Waals surface area contributed by atoms with Crippen molar-refractivity contribution in [3.05, 3.63) is 48.0 Å². The van der Waals surface area contributed by atoms with E-state index in [4.69, 9.17) is 39.5 Å². The Balaban J connectivity index is 2.09. The quantitative estimate of drug-likeness (QED) is 0.557. The van der Waals surface area contributed by atoms with E-state index < -0.39 is 0 Å². The van der Waals surface area contributed by atoms with Gasteiger partial charge in [0, 0.05) is 22.0 Å². The van der Waals surface area contributed by atoms with Gasteiger partial charge in [0.1, 0.15) is 5.75 Å². The van der Waals surface area contributed by atoms with Gasteiger partial charge in [0.05, 0.1) is 20.7 Å². The standard InChI is InChI=1S/C13H8BrCl3OS/c14-7-3-6-1-2-18-12(6)8(4-7)11(16)9-5-10(15)19-13(9)17/h3-5,11H,1-2H2. The monoisotopic (exact) mass is 396 g/mol. The molecule has 1 unspecified atom stereocenters. The number of halogens is 4. The molecule has 100 valence electrons. The summed E-state index contributed by atoms with van der Waals surface area (Å²) in [7, 11) is 0. The van der Waals surface area contributed by atoms with Gasteiger partial charge < -0.3 is 4.74 Å². The SMILES string of the molecule is Clc1cc(C(Cl)c2cc(Br)cc3c2OCC3)c(Cl)s1. The van der Waals surface area contributed by atoms with Gasteiger partial charge in [0.2, 0.25) is 0 Å². The van der Waals surface area contributed by atoms with Crippen LogP contribution < -0.4 is 4.74 Å². The average Bonchev–Trinajstić information content (AvgIpc) is 2.93. The molecule has 0 fully saturated rings. The lowest BCUT2D eigenvalue weighted by atomic mass is 10.0. The van der Waals surface area contributed by atoms with E-state index in [9.17, 15) is 0 Å². The van der Waals surface area contributed by atoms with Crippen LogP contribution in [0.1, 0.15) is 22.1 Å². The summed E-state index contributed by atoms with van der Waals surface area (Å²) in [6, 6.07) is 5.86. The molecule has 1 aliphatic rings. The van der Waals surface area contributed by atoms with Gasteiger partial charge in [-0.25, -0.2) is 0 Å². The van der Waals surface area contributed by atoms with Crippen molar-refractivity contribution < 1.29 is 4.74 Å².